The zero-order valence-corrected chi connectivity index (χ0v) is 48.9. The van der Waals surface area contributed by atoms with Gasteiger partial charge in [-0.3, -0.25) is 9.79 Å². The van der Waals surface area contributed by atoms with Crippen LogP contribution in [0.25, 0.3) is 0 Å². The second-order valence-corrected chi connectivity index (χ2v) is 20.7. The number of hydrogen-bond donors (Lipinski definition) is 14. The molecule has 0 aliphatic heterocycles. The lowest BCUT2D eigenvalue weighted by Gasteiger charge is -2.25. The standard InChI is InChI=1S/C64H101N3O15/c1-46(28-20-16-12-11-13-17-21-29-47(2)63(81)82-5)62(80)49(4)60(78)38-23-19-15-10-8-6-7-9-14-18-22-37-59(77)48(3)61(79)45-58(76)44-55(73)35-26-34-54(72)43-57(75)42-53(71)33-25-32-51(69)40-50(68)30-24-31-52(70)41-56(74)36-27-39-67-64(65)66/h6-11,13-15,17-26,28-30,33,35,38,46,48-60,62,68-78,80H,12,16,27,31-32,34,36-37,39-45H2,1-5H3,(H4,65,66,67). The van der Waals surface area contributed by atoms with Crippen molar-refractivity contribution in [1.29, 1.82) is 0 Å². The third-order valence-electron chi connectivity index (χ3n) is 13.0. The van der Waals surface area contributed by atoms with Gasteiger partial charge in [0.25, 0.3) is 0 Å². The molecule has 0 heterocycles. The van der Waals surface area contributed by atoms with Crippen molar-refractivity contribution in [3.63, 3.8) is 0 Å². The number of nitrogens with zero attached hydrogens (tertiary/aromatic N) is 1. The first kappa shape index (κ1) is 76.5. The van der Waals surface area contributed by atoms with Gasteiger partial charge in [0.15, 0.2) is 5.96 Å². The van der Waals surface area contributed by atoms with Crippen molar-refractivity contribution in [1.82, 2.24) is 0 Å². The number of carbonyl (C=O) groups excluding carboxylic acids is 2. The second kappa shape index (κ2) is 48.0. The molecular formula is C64H101N3O15. The number of carbonyl (C=O) groups is 2. The maximum atomic E-state index is 12.8. The smallest absolute Gasteiger partial charge is 0.333 e. The number of methoxy groups -OCH3 is 1. The minimum absolute atomic E-state index is 0.00455. The number of ether oxygens (including phenoxy) is 1. The Labute approximate surface area is 487 Å². The van der Waals surface area contributed by atoms with E-state index in [4.69, 9.17) is 11.5 Å². The molecule has 0 saturated heterocycles. The van der Waals surface area contributed by atoms with Crippen LogP contribution in [0.15, 0.2) is 162 Å². The number of esters is 1. The van der Waals surface area contributed by atoms with Crippen LogP contribution < -0.4 is 11.5 Å². The molecular weight excluding hydrogens is 1050 g/mol. The van der Waals surface area contributed by atoms with Crippen LogP contribution in [0.2, 0.25) is 0 Å². The number of nitrogens with two attached hydrogens (primary N) is 2. The number of aliphatic hydroxyl groups is 12. The lowest BCUT2D eigenvalue weighted by Crippen LogP contribution is -2.32. The van der Waals surface area contributed by atoms with Gasteiger partial charge in [-0.15, -0.1) is 0 Å². The summed E-state index contributed by atoms with van der Waals surface area (Å²) in [6.45, 7) is 7.37. The zero-order chi connectivity index (χ0) is 61.7. The summed E-state index contributed by atoms with van der Waals surface area (Å²) in [6, 6.07) is 0. The Morgan fingerprint density at radius 2 is 0.963 bits per heavy atom. The van der Waals surface area contributed by atoms with E-state index in [1.54, 1.807) is 74.6 Å². The predicted octanol–water partition coefficient (Wildman–Crippen LogP) is 5.32. The second-order valence-electron chi connectivity index (χ2n) is 20.7. The average Bonchev–Trinajstić information content (AvgIpc) is 3.41. The van der Waals surface area contributed by atoms with E-state index in [0.29, 0.717) is 25.0 Å². The van der Waals surface area contributed by atoms with E-state index in [-0.39, 0.29) is 93.8 Å². The molecule has 16 N–H and O–H groups in total. The summed E-state index contributed by atoms with van der Waals surface area (Å²) < 4.78 is 4.65. The zero-order valence-electron chi connectivity index (χ0n) is 48.9. The van der Waals surface area contributed by atoms with Gasteiger partial charge >= 0.3 is 5.97 Å². The first-order chi connectivity index (χ1) is 39.0. The van der Waals surface area contributed by atoms with Gasteiger partial charge in [-0.2, -0.15) is 0 Å². The van der Waals surface area contributed by atoms with E-state index >= 15 is 0 Å². The van der Waals surface area contributed by atoms with Gasteiger partial charge < -0.3 is 77.5 Å². The van der Waals surface area contributed by atoms with E-state index in [0.717, 1.165) is 12.8 Å². The minimum Gasteiger partial charge on any atom is -0.466 e. The van der Waals surface area contributed by atoms with Crippen LogP contribution in [0.5, 0.6) is 0 Å². The fourth-order valence-corrected chi connectivity index (χ4v) is 7.97. The molecule has 0 radical (unpaired) electrons. The molecule has 0 saturated carbocycles. The molecule has 0 fully saturated rings. The Hall–Kier alpha value is -5.45. The Morgan fingerprint density at radius 3 is 1.51 bits per heavy atom. The van der Waals surface area contributed by atoms with Crippen LogP contribution in [0.4, 0.5) is 0 Å². The number of aliphatic imine (C=N–C) groups is 1. The molecule has 18 heteroatoms. The molecule has 0 aliphatic rings. The van der Waals surface area contributed by atoms with Crippen molar-refractivity contribution >= 4 is 17.7 Å². The van der Waals surface area contributed by atoms with Crippen molar-refractivity contribution < 1.29 is 75.6 Å². The highest BCUT2D eigenvalue weighted by molar-refractivity contribution is 5.88. The number of ketones is 1. The first-order valence-corrected chi connectivity index (χ1v) is 28.5. The van der Waals surface area contributed by atoms with Crippen molar-refractivity contribution in [2.75, 3.05) is 13.7 Å². The van der Waals surface area contributed by atoms with Crippen LogP contribution in [0, 0.1) is 17.8 Å². The number of hydrogen-bond acceptors (Lipinski definition) is 16. The highest BCUT2D eigenvalue weighted by Crippen LogP contribution is 2.20. The molecule has 0 bridgehead atoms. The van der Waals surface area contributed by atoms with Gasteiger partial charge in [0.05, 0.1) is 80.4 Å². The van der Waals surface area contributed by atoms with E-state index in [2.05, 4.69) is 9.73 Å². The minimum atomic E-state index is -1.17. The maximum absolute atomic E-state index is 12.8. The topological polar surface area (TPSA) is 351 Å². The Balaban J connectivity index is 4.49. The summed E-state index contributed by atoms with van der Waals surface area (Å²) in [5.74, 6) is -2.03. The summed E-state index contributed by atoms with van der Waals surface area (Å²) in [7, 11) is 1.34. The molecule has 0 aliphatic carbocycles. The lowest BCUT2D eigenvalue weighted by atomic mass is 9.88. The van der Waals surface area contributed by atoms with Gasteiger partial charge in [0.2, 0.25) is 0 Å². The number of guanidine groups is 1. The van der Waals surface area contributed by atoms with E-state index in [1.165, 1.54) is 37.5 Å². The van der Waals surface area contributed by atoms with Crippen LogP contribution in [-0.4, -0.2) is 166 Å². The molecule has 0 aromatic rings. The summed E-state index contributed by atoms with van der Waals surface area (Å²) >= 11 is 0. The van der Waals surface area contributed by atoms with Crippen molar-refractivity contribution in [3.05, 3.63) is 157 Å². The highest BCUT2D eigenvalue weighted by atomic mass is 16.5. The first-order valence-electron chi connectivity index (χ1n) is 28.5. The average molecular weight is 1150 g/mol. The number of rotatable bonds is 45. The molecule has 0 rings (SSSR count). The fraction of sp³-hybridized carbons (Fsp3) is 0.547. The summed E-state index contributed by atoms with van der Waals surface area (Å²) in [6.07, 6.45) is 34.7. The molecule has 0 aromatic carbocycles. The lowest BCUT2D eigenvalue weighted by molar-refractivity contribution is -0.136. The molecule has 0 spiro atoms. The van der Waals surface area contributed by atoms with E-state index in [1.807, 2.05) is 74.6 Å². The monoisotopic (exact) mass is 1150 g/mol. The van der Waals surface area contributed by atoms with Crippen LogP contribution in [0.1, 0.15) is 118 Å². The SMILES string of the molecule is COC(=O)C(C)=CC=CC=CCCC=CC(C)C(O)C(C)C(O)C=CC=CC=CC=CC=CC=CCC(O)C(C)C(=O)CC(O)CC(O)C=CCC(O)CC(O)CC(O)C=CCC(O)CC(O)C=CCC(O)CC(O)CCCN=C(N)N. The summed E-state index contributed by atoms with van der Waals surface area (Å²) in [5.41, 5.74) is 11.1. The molecule has 0 amide bonds. The van der Waals surface area contributed by atoms with Gasteiger partial charge in [0.1, 0.15) is 5.78 Å². The number of unbranched alkanes of at least 4 members (excludes halogenated alkanes) is 1. The normalized spacial score (nSPS) is 19.0. The third kappa shape index (κ3) is 42.4. The number of allylic oxidation sites excluding steroid dienone is 16. The summed E-state index contributed by atoms with van der Waals surface area (Å²) in [5, 5.41) is 125. The highest BCUT2D eigenvalue weighted by Gasteiger charge is 2.25. The molecule has 18 nitrogen and oxygen atoms in total. The molecule has 15 unspecified atom stereocenters. The predicted molar refractivity (Wildman–Crippen MR) is 325 cm³/mol. The van der Waals surface area contributed by atoms with Gasteiger partial charge in [-0.25, -0.2) is 4.79 Å². The largest absolute Gasteiger partial charge is 0.466 e. The van der Waals surface area contributed by atoms with Gasteiger partial charge in [-0.1, -0.05) is 173 Å². The Kier molecular flexibility index (Phi) is 44.8. The van der Waals surface area contributed by atoms with Crippen molar-refractivity contribution in [2.24, 2.45) is 34.2 Å². The Morgan fingerprint density at radius 1 is 0.500 bits per heavy atom. The van der Waals surface area contributed by atoms with E-state index in [9.17, 15) is 70.9 Å². The Bertz CT molecular complexity index is 2150. The molecule has 82 heavy (non-hydrogen) atoms. The van der Waals surface area contributed by atoms with Crippen LogP contribution in [0.3, 0.4) is 0 Å². The summed E-state index contributed by atoms with van der Waals surface area (Å²) in [4.78, 5) is 28.0. The third-order valence-corrected chi connectivity index (χ3v) is 13.0. The number of Topliss-reactive ketones (excluding diaryl/α,β-unsaturated/α-hetero) is 1. The van der Waals surface area contributed by atoms with E-state index < -0.39 is 79.2 Å². The molecule has 15 atom stereocenters. The van der Waals surface area contributed by atoms with Gasteiger partial charge in [-0.05, 0) is 71.1 Å². The maximum Gasteiger partial charge on any atom is 0.333 e. The van der Waals surface area contributed by atoms with Crippen molar-refractivity contribution in [3.8, 4) is 0 Å². The van der Waals surface area contributed by atoms with Crippen LogP contribution >= 0.6 is 0 Å². The molecule has 462 valence electrons. The van der Waals surface area contributed by atoms with Crippen LogP contribution in [-0.2, 0) is 14.3 Å². The van der Waals surface area contributed by atoms with Crippen molar-refractivity contribution in [2.45, 2.75) is 191 Å². The molecule has 0 aromatic heterocycles. The fourth-order valence-electron chi connectivity index (χ4n) is 7.97. The number of aliphatic hydroxyl groups excluding tert-OH is 12. The quantitative estimate of drug-likeness (QED) is 0.00697. The van der Waals surface area contributed by atoms with Gasteiger partial charge in [0, 0.05) is 55.6 Å².